The number of carbonyl (C=O) groups excluding carboxylic acids is 2. The van der Waals surface area contributed by atoms with Gasteiger partial charge in [-0.15, -0.1) is 0 Å². The largest absolute Gasteiger partial charge is 0.354 e. The second-order valence-electron chi connectivity index (χ2n) is 8.61. The summed E-state index contributed by atoms with van der Waals surface area (Å²) in [6, 6.07) is 8.90. The van der Waals surface area contributed by atoms with Gasteiger partial charge in [-0.2, -0.15) is 0 Å². The van der Waals surface area contributed by atoms with Crippen LogP contribution in [0.5, 0.6) is 0 Å². The SMILES string of the molecule is CCC(C(=O)NCC(C)C)N(Cc1ccc(F)cc1)C(=O)CN(c1cc(Cl)cc(Cl)c1)S(C)(=O)=O. The smallest absolute Gasteiger partial charge is 0.244 e. The van der Waals surface area contributed by atoms with Gasteiger partial charge in [0.25, 0.3) is 0 Å². The van der Waals surface area contributed by atoms with E-state index in [1.807, 2.05) is 13.8 Å². The van der Waals surface area contributed by atoms with Gasteiger partial charge in [-0.3, -0.25) is 13.9 Å². The summed E-state index contributed by atoms with van der Waals surface area (Å²) in [5, 5.41) is 3.24. The lowest BCUT2D eigenvalue weighted by molar-refractivity contribution is -0.140. The van der Waals surface area contributed by atoms with E-state index in [2.05, 4.69) is 5.32 Å². The molecular weight excluding hydrogens is 516 g/mol. The average molecular weight is 546 g/mol. The molecule has 35 heavy (non-hydrogen) atoms. The Bertz CT molecular complexity index is 1120. The molecule has 0 aliphatic carbocycles. The summed E-state index contributed by atoms with van der Waals surface area (Å²) in [7, 11) is -3.91. The summed E-state index contributed by atoms with van der Waals surface area (Å²) in [5.74, 6) is -1.20. The van der Waals surface area contributed by atoms with E-state index in [-0.39, 0.29) is 34.1 Å². The van der Waals surface area contributed by atoms with Crippen LogP contribution in [0.25, 0.3) is 0 Å². The van der Waals surface area contributed by atoms with Crippen LogP contribution in [-0.4, -0.2) is 50.5 Å². The lowest BCUT2D eigenvalue weighted by Gasteiger charge is -2.33. The fourth-order valence-corrected chi connectivity index (χ4v) is 4.77. The van der Waals surface area contributed by atoms with Crippen molar-refractivity contribution in [3.8, 4) is 0 Å². The van der Waals surface area contributed by atoms with Gasteiger partial charge in [0.05, 0.1) is 11.9 Å². The van der Waals surface area contributed by atoms with Crippen LogP contribution in [0.2, 0.25) is 10.0 Å². The van der Waals surface area contributed by atoms with Crippen LogP contribution in [0.3, 0.4) is 0 Å². The Labute approximate surface area is 216 Å². The maximum absolute atomic E-state index is 13.6. The molecule has 0 bridgehead atoms. The van der Waals surface area contributed by atoms with E-state index in [0.29, 0.717) is 18.5 Å². The molecule has 7 nitrogen and oxygen atoms in total. The third kappa shape index (κ3) is 8.66. The van der Waals surface area contributed by atoms with E-state index in [0.717, 1.165) is 10.6 Å². The molecule has 0 aliphatic heterocycles. The Morgan fingerprint density at radius 3 is 2.11 bits per heavy atom. The van der Waals surface area contributed by atoms with Gasteiger partial charge in [-0.1, -0.05) is 56.1 Å². The number of nitrogens with zero attached hydrogens (tertiary/aromatic N) is 2. The molecule has 0 aliphatic rings. The van der Waals surface area contributed by atoms with Crippen LogP contribution >= 0.6 is 23.2 Å². The molecule has 2 amide bonds. The lowest BCUT2D eigenvalue weighted by atomic mass is 10.1. The molecule has 0 saturated heterocycles. The number of amides is 2. The summed E-state index contributed by atoms with van der Waals surface area (Å²) >= 11 is 12.1. The van der Waals surface area contributed by atoms with Crippen molar-refractivity contribution in [2.75, 3.05) is 23.7 Å². The van der Waals surface area contributed by atoms with E-state index in [1.165, 1.54) is 47.4 Å². The van der Waals surface area contributed by atoms with Gasteiger partial charge in [0, 0.05) is 23.1 Å². The molecule has 2 rings (SSSR count). The van der Waals surface area contributed by atoms with Crippen molar-refractivity contribution in [2.45, 2.75) is 39.8 Å². The Hall–Kier alpha value is -2.36. The van der Waals surface area contributed by atoms with Gasteiger partial charge < -0.3 is 10.2 Å². The predicted octanol–water partition coefficient (Wildman–Crippen LogP) is 4.48. The number of hydrogen-bond donors (Lipinski definition) is 1. The minimum Gasteiger partial charge on any atom is -0.354 e. The number of benzene rings is 2. The van der Waals surface area contributed by atoms with Crippen LogP contribution in [0.15, 0.2) is 42.5 Å². The minimum atomic E-state index is -3.91. The first-order valence-corrected chi connectivity index (χ1v) is 13.7. The van der Waals surface area contributed by atoms with Crippen molar-refractivity contribution in [3.05, 3.63) is 63.9 Å². The van der Waals surface area contributed by atoms with Crippen molar-refractivity contribution in [2.24, 2.45) is 5.92 Å². The van der Waals surface area contributed by atoms with Crippen molar-refractivity contribution in [1.82, 2.24) is 10.2 Å². The Kier molecular flexibility index (Phi) is 10.4. The quantitative estimate of drug-likeness (QED) is 0.451. The maximum Gasteiger partial charge on any atom is 0.244 e. The van der Waals surface area contributed by atoms with E-state index in [4.69, 9.17) is 23.2 Å². The zero-order valence-corrected chi connectivity index (χ0v) is 22.4. The monoisotopic (exact) mass is 545 g/mol. The van der Waals surface area contributed by atoms with E-state index >= 15 is 0 Å². The summed E-state index contributed by atoms with van der Waals surface area (Å²) in [4.78, 5) is 27.8. The van der Waals surface area contributed by atoms with Crippen LogP contribution < -0.4 is 9.62 Å². The number of rotatable bonds is 11. The fraction of sp³-hybridized carbons (Fsp3) is 0.417. The molecule has 0 heterocycles. The first-order valence-electron chi connectivity index (χ1n) is 11.1. The summed E-state index contributed by atoms with van der Waals surface area (Å²) in [6.45, 7) is 5.48. The molecule has 2 aromatic rings. The molecule has 192 valence electrons. The Morgan fingerprint density at radius 1 is 1.06 bits per heavy atom. The van der Waals surface area contributed by atoms with E-state index < -0.39 is 34.3 Å². The lowest BCUT2D eigenvalue weighted by Crippen LogP contribution is -2.52. The maximum atomic E-state index is 13.6. The second-order valence-corrected chi connectivity index (χ2v) is 11.4. The molecule has 2 aromatic carbocycles. The van der Waals surface area contributed by atoms with E-state index in [1.54, 1.807) is 6.92 Å². The number of carbonyl (C=O) groups is 2. The molecule has 0 radical (unpaired) electrons. The second kappa shape index (κ2) is 12.6. The van der Waals surface area contributed by atoms with Crippen molar-refractivity contribution >= 4 is 50.7 Å². The van der Waals surface area contributed by atoms with Gasteiger partial charge >= 0.3 is 0 Å². The molecule has 0 fully saturated rings. The molecule has 1 atom stereocenters. The van der Waals surface area contributed by atoms with Crippen molar-refractivity contribution in [1.29, 1.82) is 0 Å². The topological polar surface area (TPSA) is 86.8 Å². The number of anilines is 1. The number of sulfonamides is 1. The van der Waals surface area contributed by atoms with E-state index in [9.17, 15) is 22.4 Å². The Balaban J connectivity index is 2.44. The molecule has 0 aromatic heterocycles. The summed E-state index contributed by atoms with van der Waals surface area (Å²) in [5.41, 5.74) is 0.712. The zero-order chi connectivity index (χ0) is 26.3. The molecule has 11 heteroatoms. The van der Waals surface area contributed by atoms with Gasteiger partial charge in [0.15, 0.2) is 0 Å². The van der Waals surface area contributed by atoms with Gasteiger partial charge in [0.1, 0.15) is 18.4 Å². The molecule has 1 unspecified atom stereocenters. The number of hydrogen-bond acceptors (Lipinski definition) is 4. The molecular formula is C24H30Cl2FN3O4S. The first kappa shape index (κ1) is 28.9. The third-order valence-corrected chi connectivity index (χ3v) is 6.73. The average Bonchev–Trinajstić information content (AvgIpc) is 2.75. The number of nitrogens with one attached hydrogen (secondary N) is 1. The molecule has 0 saturated carbocycles. The molecule has 1 N–H and O–H groups in total. The van der Waals surface area contributed by atoms with Crippen molar-refractivity contribution < 1.29 is 22.4 Å². The van der Waals surface area contributed by atoms with Gasteiger partial charge in [0.2, 0.25) is 21.8 Å². The van der Waals surface area contributed by atoms with Crippen LogP contribution in [0.4, 0.5) is 10.1 Å². The summed E-state index contributed by atoms with van der Waals surface area (Å²) < 4.78 is 39.5. The normalized spacial score (nSPS) is 12.3. The van der Waals surface area contributed by atoms with Crippen molar-refractivity contribution in [3.63, 3.8) is 0 Å². The molecule has 0 spiro atoms. The highest BCUT2D eigenvalue weighted by Gasteiger charge is 2.32. The third-order valence-electron chi connectivity index (χ3n) is 5.15. The Morgan fingerprint density at radius 2 is 1.63 bits per heavy atom. The highest BCUT2D eigenvalue weighted by atomic mass is 35.5. The standard InChI is InChI=1S/C24H30Cl2FN3O4S/c1-5-22(24(32)28-13-16(2)3)29(14-17-6-8-20(27)9-7-17)23(31)15-30(35(4,33)34)21-11-18(25)10-19(26)12-21/h6-12,16,22H,5,13-15H2,1-4H3,(H,28,32). The first-order chi connectivity index (χ1) is 16.3. The van der Waals surface area contributed by atoms with Crippen LogP contribution in [-0.2, 0) is 26.2 Å². The van der Waals surface area contributed by atoms with Crippen LogP contribution in [0.1, 0.15) is 32.8 Å². The van der Waals surface area contributed by atoms with Gasteiger partial charge in [-0.05, 0) is 48.2 Å². The fourth-order valence-electron chi connectivity index (χ4n) is 3.43. The highest BCUT2D eigenvalue weighted by Crippen LogP contribution is 2.27. The number of halogens is 3. The highest BCUT2D eigenvalue weighted by molar-refractivity contribution is 7.92. The van der Waals surface area contributed by atoms with Gasteiger partial charge in [-0.25, -0.2) is 12.8 Å². The predicted molar refractivity (Wildman–Crippen MR) is 138 cm³/mol. The van der Waals surface area contributed by atoms with Crippen LogP contribution in [0, 0.1) is 11.7 Å². The summed E-state index contributed by atoms with van der Waals surface area (Å²) in [6.07, 6.45) is 1.25. The zero-order valence-electron chi connectivity index (χ0n) is 20.1. The minimum absolute atomic E-state index is 0.0133.